The Balaban J connectivity index is 1.85. The van der Waals surface area contributed by atoms with Gasteiger partial charge in [-0.3, -0.25) is 4.79 Å². The molecule has 172 valence electrons. The Labute approximate surface area is 181 Å². The smallest absolute Gasteiger partial charge is 0.220 e. The fraction of sp³-hybridized carbons (Fsp3) is 0.960. The highest BCUT2D eigenvalue weighted by molar-refractivity contribution is 5.76. The number of amides is 1. The second-order valence-electron chi connectivity index (χ2n) is 9.37. The third-order valence-electron chi connectivity index (χ3n) is 6.13. The summed E-state index contributed by atoms with van der Waals surface area (Å²) in [7, 11) is 0. The number of carbonyl (C=O) groups is 1. The first-order valence-corrected chi connectivity index (χ1v) is 12.7. The van der Waals surface area contributed by atoms with Gasteiger partial charge in [0.2, 0.25) is 5.91 Å². The Hall–Kier alpha value is -0.610. The predicted molar refractivity (Wildman–Crippen MR) is 124 cm³/mol. The molecule has 0 radical (unpaired) electrons. The van der Waals surface area contributed by atoms with Gasteiger partial charge >= 0.3 is 0 Å². The van der Waals surface area contributed by atoms with Crippen LogP contribution in [0.1, 0.15) is 117 Å². The number of rotatable bonds is 18. The lowest BCUT2D eigenvalue weighted by Crippen LogP contribution is -2.51. The number of unbranched alkanes of at least 4 members (excludes halogenated alkanes) is 11. The summed E-state index contributed by atoms with van der Waals surface area (Å²) in [4.78, 5) is 12.2. The number of ether oxygens (including phenoxy) is 1. The van der Waals surface area contributed by atoms with Crippen LogP contribution in [-0.4, -0.2) is 37.7 Å². The maximum atomic E-state index is 12.2. The number of carbonyl (C=O) groups excluding carboxylic acids is 1. The summed E-state index contributed by atoms with van der Waals surface area (Å²) in [6.07, 6.45) is 19.2. The first kappa shape index (κ1) is 26.4. The maximum Gasteiger partial charge on any atom is 0.220 e. The molecule has 4 nitrogen and oxygen atoms in total. The maximum absolute atomic E-state index is 12.2. The van der Waals surface area contributed by atoms with Crippen molar-refractivity contribution in [3.8, 4) is 0 Å². The molecule has 0 aromatic rings. The lowest BCUT2D eigenvalue weighted by atomic mass is 10.0. The largest absolute Gasteiger partial charge is 0.373 e. The molecule has 1 aliphatic heterocycles. The monoisotopic (exact) mass is 410 g/mol. The third kappa shape index (κ3) is 14.9. The van der Waals surface area contributed by atoms with Gasteiger partial charge in [-0.25, -0.2) is 0 Å². The average Bonchev–Trinajstić information content (AvgIpc) is 2.72. The summed E-state index contributed by atoms with van der Waals surface area (Å²) < 4.78 is 5.79. The fourth-order valence-corrected chi connectivity index (χ4v) is 4.19. The van der Waals surface area contributed by atoms with E-state index in [9.17, 15) is 4.79 Å². The lowest BCUT2D eigenvalue weighted by Gasteiger charge is -2.31. The molecule has 0 spiro atoms. The zero-order valence-electron chi connectivity index (χ0n) is 19.8. The van der Waals surface area contributed by atoms with Gasteiger partial charge in [-0.05, 0) is 18.8 Å². The third-order valence-corrected chi connectivity index (χ3v) is 6.13. The summed E-state index contributed by atoms with van der Waals surface area (Å²) in [6.45, 7) is 9.27. The first-order chi connectivity index (χ1) is 14.1. The number of hydrogen-bond acceptors (Lipinski definition) is 3. The van der Waals surface area contributed by atoms with Gasteiger partial charge < -0.3 is 15.4 Å². The van der Waals surface area contributed by atoms with E-state index >= 15 is 0 Å². The topological polar surface area (TPSA) is 50.4 Å². The van der Waals surface area contributed by atoms with E-state index < -0.39 is 0 Å². The van der Waals surface area contributed by atoms with Gasteiger partial charge in [0, 0.05) is 19.5 Å². The molecule has 0 aliphatic carbocycles. The molecule has 1 saturated heterocycles. The van der Waals surface area contributed by atoms with Crippen molar-refractivity contribution in [1.82, 2.24) is 10.6 Å². The summed E-state index contributed by atoms with van der Waals surface area (Å²) >= 11 is 0. The highest BCUT2D eigenvalue weighted by Crippen LogP contribution is 2.14. The van der Waals surface area contributed by atoms with Crippen LogP contribution >= 0.6 is 0 Å². The van der Waals surface area contributed by atoms with Crippen molar-refractivity contribution in [2.24, 2.45) is 5.92 Å². The Morgan fingerprint density at radius 2 is 1.48 bits per heavy atom. The normalized spacial score (nSPS) is 18.1. The molecule has 1 aliphatic rings. The van der Waals surface area contributed by atoms with Crippen LogP contribution in [-0.2, 0) is 9.53 Å². The summed E-state index contributed by atoms with van der Waals surface area (Å²) in [5.74, 6) is 1.06. The van der Waals surface area contributed by atoms with Crippen LogP contribution in [0.15, 0.2) is 0 Å². The van der Waals surface area contributed by atoms with Gasteiger partial charge in [-0.15, -0.1) is 0 Å². The van der Waals surface area contributed by atoms with Crippen molar-refractivity contribution in [3.05, 3.63) is 0 Å². The second-order valence-corrected chi connectivity index (χ2v) is 9.37. The molecular weight excluding hydrogens is 360 g/mol. The molecule has 2 N–H and O–H groups in total. The van der Waals surface area contributed by atoms with E-state index in [1.165, 1.54) is 77.0 Å². The van der Waals surface area contributed by atoms with E-state index in [0.29, 0.717) is 6.42 Å². The molecule has 0 saturated carbocycles. The molecule has 1 heterocycles. The fourth-order valence-electron chi connectivity index (χ4n) is 4.19. The van der Waals surface area contributed by atoms with Gasteiger partial charge in [0.25, 0.3) is 0 Å². The molecule has 1 amide bonds. The summed E-state index contributed by atoms with van der Waals surface area (Å²) in [6, 6.07) is 0.144. The molecule has 0 aromatic heterocycles. The minimum atomic E-state index is 0.123. The van der Waals surface area contributed by atoms with Gasteiger partial charge in [-0.2, -0.15) is 0 Å². The van der Waals surface area contributed by atoms with Crippen molar-refractivity contribution >= 4 is 5.91 Å². The van der Waals surface area contributed by atoms with Gasteiger partial charge in [0.05, 0.1) is 18.8 Å². The number of morpholine rings is 1. The molecule has 0 aromatic carbocycles. The lowest BCUT2D eigenvalue weighted by molar-refractivity contribution is -0.123. The van der Waals surface area contributed by atoms with Crippen LogP contribution in [0.5, 0.6) is 0 Å². The number of hydrogen-bond donors (Lipinski definition) is 2. The summed E-state index contributed by atoms with van der Waals surface area (Å²) in [5, 5.41) is 6.53. The van der Waals surface area contributed by atoms with E-state index in [4.69, 9.17) is 4.74 Å². The highest BCUT2D eigenvalue weighted by atomic mass is 16.5. The molecule has 29 heavy (non-hydrogen) atoms. The van der Waals surface area contributed by atoms with Crippen molar-refractivity contribution < 1.29 is 9.53 Å². The van der Waals surface area contributed by atoms with Crippen LogP contribution in [0.4, 0.5) is 0 Å². The first-order valence-electron chi connectivity index (χ1n) is 12.7. The van der Waals surface area contributed by atoms with E-state index in [2.05, 4.69) is 31.4 Å². The Kier molecular flexibility index (Phi) is 16.6. The molecule has 0 unspecified atom stereocenters. The van der Waals surface area contributed by atoms with Crippen molar-refractivity contribution in [3.63, 3.8) is 0 Å². The highest BCUT2D eigenvalue weighted by Gasteiger charge is 2.24. The second kappa shape index (κ2) is 18.2. The van der Waals surface area contributed by atoms with Crippen LogP contribution in [0, 0.1) is 5.92 Å². The average molecular weight is 411 g/mol. The van der Waals surface area contributed by atoms with Crippen LogP contribution < -0.4 is 10.6 Å². The molecule has 2 atom stereocenters. The quantitative estimate of drug-likeness (QED) is 0.273. The van der Waals surface area contributed by atoms with E-state index in [1.807, 2.05) is 0 Å². The Morgan fingerprint density at radius 3 is 1.97 bits per heavy atom. The van der Waals surface area contributed by atoms with Crippen molar-refractivity contribution in [2.75, 3.05) is 19.7 Å². The zero-order chi connectivity index (χ0) is 21.2. The molecular formula is C25H50N2O2. The minimum absolute atomic E-state index is 0.123. The van der Waals surface area contributed by atoms with Crippen molar-refractivity contribution in [1.29, 1.82) is 0 Å². The van der Waals surface area contributed by atoms with Gasteiger partial charge in [-0.1, -0.05) is 97.8 Å². The van der Waals surface area contributed by atoms with E-state index in [0.717, 1.165) is 38.5 Å². The minimum Gasteiger partial charge on any atom is -0.373 e. The number of nitrogens with one attached hydrogen (secondary N) is 2. The van der Waals surface area contributed by atoms with Crippen LogP contribution in [0.3, 0.4) is 0 Å². The summed E-state index contributed by atoms with van der Waals surface area (Å²) in [5.41, 5.74) is 0. The van der Waals surface area contributed by atoms with Crippen LogP contribution in [0.2, 0.25) is 0 Å². The Morgan fingerprint density at radius 1 is 0.931 bits per heavy atom. The van der Waals surface area contributed by atoms with Gasteiger partial charge in [0.1, 0.15) is 0 Å². The zero-order valence-corrected chi connectivity index (χ0v) is 19.8. The van der Waals surface area contributed by atoms with Gasteiger partial charge in [0.15, 0.2) is 0 Å². The standard InChI is InChI=1S/C25H50N2O2/c1-4-23(24-21-26-19-20-29-24)27-25(28)18-16-14-12-10-8-6-5-7-9-11-13-15-17-22(2)3/h22-24,26H,4-21H2,1-3H3,(H,27,28)/t23-,24-/m0/s1. The predicted octanol–water partition coefficient (Wildman–Crippen LogP) is 5.99. The SMILES string of the molecule is CC[C@H](NC(=O)CCCCCCCCCCCCCCC(C)C)[C@@H]1CNCCO1. The molecule has 4 heteroatoms. The van der Waals surface area contributed by atoms with E-state index in [1.54, 1.807) is 0 Å². The van der Waals surface area contributed by atoms with E-state index in [-0.39, 0.29) is 18.1 Å². The molecule has 1 fully saturated rings. The molecule has 1 rings (SSSR count). The van der Waals surface area contributed by atoms with Crippen LogP contribution in [0.25, 0.3) is 0 Å². The van der Waals surface area contributed by atoms with Crippen molar-refractivity contribution in [2.45, 2.75) is 129 Å². The Bertz CT molecular complexity index is 381. The molecule has 0 bridgehead atoms.